The minimum Gasteiger partial charge on any atom is -0.393 e. The SMILES string of the molecule is CC(C)[C@@H](C)/C=C/[C@@H](C)[C@H]1CC[C@H]2[C@@H]3C[C@@H]4O[C@@]45C[C@@H](O)CC[C@]5(C)[C@H]3CC[C@]12C. The molecule has 0 bridgehead atoms. The fourth-order valence-corrected chi connectivity index (χ4v) is 9.27. The Morgan fingerprint density at radius 2 is 1.70 bits per heavy atom. The molecular formula is C28H46O2. The van der Waals surface area contributed by atoms with Crippen LogP contribution in [0.25, 0.3) is 0 Å². The van der Waals surface area contributed by atoms with E-state index < -0.39 is 0 Å². The third-order valence-electron chi connectivity index (χ3n) is 11.5. The van der Waals surface area contributed by atoms with Crippen molar-refractivity contribution in [2.75, 3.05) is 0 Å². The molecule has 1 aliphatic heterocycles. The van der Waals surface area contributed by atoms with Gasteiger partial charge in [0.05, 0.1) is 12.2 Å². The second kappa shape index (κ2) is 7.08. The Labute approximate surface area is 185 Å². The van der Waals surface area contributed by atoms with Crippen LogP contribution in [0.15, 0.2) is 12.2 Å². The number of aliphatic hydroxyl groups excluding tert-OH is 1. The van der Waals surface area contributed by atoms with Gasteiger partial charge in [0.25, 0.3) is 0 Å². The second-order valence-corrected chi connectivity index (χ2v) is 13.0. The maximum absolute atomic E-state index is 10.4. The first-order valence-electron chi connectivity index (χ1n) is 13.2. The zero-order chi connectivity index (χ0) is 21.5. The van der Waals surface area contributed by atoms with E-state index in [1.807, 2.05) is 0 Å². The molecule has 2 nitrogen and oxygen atoms in total. The van der Waals surface area contributed by atoms with Gasteiger partial charge >= 0.3 is 0 Å². The van der Waals surface area contributed by atoms with Crippen molar-refractivity contribution in [3.05, 3.63) is 12.2 Å². The highest BCUT2D eigenvalue weighted by Crippen LogP contribution is 2.74. The van der Waals surface area contributed by atoms with Gasteiger partial charge in [-0.05, 0) is 91.8 Å². The molecule has 1 heterocycles. The highest BCUT2D eigenvalue weighted by atomic mass is 16.6. The number of fused-ring (bicyclic) bond motifs is 4. The fraction of sp³-hybridized carbons (Fsp3) is 0.929. The van der Waals surface area contributed by atoms with Crippen molar-refractivity contribution < 1.29 is 9.84 Å². The Balaban J connectivity index is 1.36. The Morgan fingerprint density at radius 3 is 2.43 bits per heavy atom. The molecule has 4 saturated carbocycles. The number of hydrogen-bond donors (Lipinski definition) is 1. The monoisotopic (exact) mass is 414 g/mol. The number of allylic oxidation sites excluding steroid dienone is 2. The highest BCUT2D eigenvalue weighted by Gasteiger charge is 2.76. The molecule has 5 fully saturated rings. The summed E-state index contributed by atoms with van der Waals surface area (Å²) in [5, 5.41) is 10.4. The van der Waals surface area contributed by atoms with Crippen molar-refractivity contribution in [1.29, 1.82) is 0 Å². The summed E-state index contributed by atoms with van der Waals surface area (Å²) in [4.78, 5) is 0. The summed E-state index contributed by atoms with van der Waals surface area (Å²) in [6, 6.07) is 0. The van der Waals surface area contributed by atoms with Gasteiger partial charge in [-0.15, -0.1) is 0 Å². The first kappa shape index (κ1) is 21.5. The van der Waals surface area contributed by atoms with Crippen molar-refractivity contribution in [2.24, 2.45) is 52.3 Å². The van der Waals surface area contributed by atoms with Crippen LogP contribution in [-0.4, -0.2) is 22.9 Å². The minimum absolute atomic E-state index is 0.0284. The lowest BCUT2D eigenvalue weighted by Gasteiger charge is -2.59. The summed E-state index contributed by atoms with van der Waals surface area (Å²) in [6.45, 7) is 14.7. The van der Waals surface area contributed by atoms with E-state index in [4.69, 9.17) is 4.74 Å². The molecule has 0 aromatic carbocycles. The van der Waals surface area contributed by atoms with E-state index in [9.17, 15) is 5.11 Å². The number of ether oxygens (including phenoxy) is 1. The summed E-state index contributed by atoms with van der Waals surface area (Å²) in [5.74, 6) is 5.48. The molecule has 0 amide bonds. The average Bonchev–Trinajstić information content (AvgIpc) is 3.27. The fourth-order valence-electron chi connectivity index (χ4n) is 9.27. The molecule has 0 radical (unpaired) electrons. The number of epoxide rings is 1. The van der Waals surface area contributed by atoms with Crippen LogP contribution in [0.4, 0.5) is 0 Å². The molecule has 11 atom stereocenters. The van der Waals surface area contributed by atoms with E-state index in [1.54, 1.807) is 0 Å². The third-order valence-corrected chi connectivity index (χ3v) is 11.5. The Morgan fingerprint density at radius 1 is 0.933 bits per heavy atom. The molecule has 5 aliphatic rings. The van der Waals surface area contributed by atoms with Crippen LogP contribution in [0.3, 0.4) is 0 Å². The summed E-state index contributed by atoms with van der Waals surface area (Å²) < 4.78 is 6.51. The first-order chi connectivity index (χ1) is 14.1. The molecular weight excluding hydrogens is 368 g/mol. The normalized spacial score (nSPS) is 54.3. The summed E-state index contributed by atoms with van der Waals surface area (Å²) in [7, 11) is 0. The Kier molecular flexibility index (Phi) is 5.07. The lowest BCUT2D eigenvalue weighted by molar-refractivity contribution is -0.115. The molecule has 1 N–H and O–H groups in total. The van der Waals surface area contributed by atoms with Crippen LogP contribution in [-0.2, 0) is 4.74 Å². The quantitative estimate of drug-likeness (QED) is 0.414. The smallest absolute Gasteiger partial charge is 0.103 e. The van der Waals surface area contributed by atoms with Gasteiger partial charge in [-0.1, -0.05) is 53.7 Å². The Hall–Kier alpha value is -0.340. The molecule has 0 aromatic rings. The predicted molar refractivity (Wildman–Crippen MR) is 123 cm³/mol. The van der Waals surface area contributed by atoms with Crippen LogP contribution in [0.5, 0.6) is 0 Å². The van der Waals surface area contributed by atoms with Crippen molar-refractivity contribution in [2.45, 2.75) is 111 Å². The van der Waals surface area contributed by atoms with Crippen LogP contribution in [0, 0.1) is 52.3 Å². The summed E-state index contributed by atoms with van der Waals surface area (Å²) in [5.41, 5.74) is 0.837. The largest absolute Gasteiger partial charge is 0.393 e. The molecule has 0 aromatic heterocycles. The van der Waals surface area contributed by atoms with Crippen molar-refractivity contribution >= 4 is 0 Å². The molecule has 1 saturated heterocycles. The van der Waals surface area contributed by atoms with E-state index >= 15 is 0 Å². The minimum atomic E-state index is -0.134. The van der Waals surface area contributed by atoms with Crippen molar-refractivity contribution in [1.82, 2.24) is 0 Å². The zero-order valence-corrected chi connectivity index (χ0v) is 20.4. The summed E-state index contributed by atoms with van der Waals surface area (Å²) in [6.07, 6.45) is 15.3. The predicted octanol–water partition coefficient (Wildman–Crippen LogP) is 6.62. The average molecular weight is 415 g/mol. The van der Waals surface area contributed by atoms with Crippen LogP contribution in [0.2, 0.25) is 0 Å². The number of aliphatic hydroxyl groups is 1. The van der Waals surface area contributed by atoms with Gasteiger partial charge in [-0.2, -0.15) is 0 Å². The van der Waals surface area contributed by atoms with Gasteiger partial charge in [-0.3, -0.25) is 0 Å². The Bertz CT molecular complexity index is 699. The van der Waals surface area contributed by atoms with E-state index in [-0.39, 0.29) is 11.7 Å². The maximum atomic E-state index is 10.4. The molecule has 4 aliphatic carbocycles. The van der Waals surface area contributed by atoms with Gasteiger partial charge in [0.1, 0.15) is 5.60 Å². The van der Waals surface area contributed by atoms with Crippen molar-refractivity contribution in [3.63, 3.8) is 0 Å². The van der Waals surface area contributed by atoms with Gasteiger partial charge in [0.15, 0.2) is 0 Å². The van der Waals surface area contributed by atoms with E-state index in [0.29, 0.717) is 28.8 Å². The van der Waals surface area contributed by atoms with E-state index in [0.717, 1.165) is 42.4 Å². The standard InChI is InChI=1S/C28H46O2/c1-17(2)18(3)7-8-19(4)22-9-10-23-21-15-25-28(30-25)16-20(29)11-14-27(28,6)24(21)12-13-26(22,23)5/h7-8,17-25,29H,9-16H2,1-6H3/b8-7+/t18-,19+,20-,21-,22+,23-,24-,25-,26+,27+,28-/m0/s1. The van der Waals surface area contributed by atoms with Gasteiger partial charge in [0.2, 0.25) is 0 Å². The van der Waals surface area contributed by atoms with Crippen LogP contribution in [0.1, 0.15) is 92.9 Å². The first-order valence-corrected chi connectivity index (χ1v) is 13.2. The second-order valence-electron chi connectivity index (χ2n) is 13.0. The lowest BCUT2D eigenvalue weighted by Crippen LogP contribution is -2.58. The molecule has 170 valence electrons. The maximum Gasteiger partial charge on any atom is 0.103 e. The molecule has 2 heteroatoms. The van der Waals surface area contributed by atoms with Crippen LogP contribution < -0.4 is 0 Å². The molecule has 5 rings (SSSR count). The lowest BCUT2D eigenvalue weighted by atomic mass is 9.44. The van der Waals surface area contributed by atoms with Gasteiger partial charge < -0.3 is 9.84 Å². The van der Waals surface area contributed by atoms with Crippen LogP contribution >= 0.6 is 0 Å². The third kappa shape index (κ3) is 2.88. The number of hydrogen-bond acceptors (Lipinski definition) is 2. The van der Waals surface area contributed by atoms with E-state index in [1.165, 1.54) is 38.5 Å². The molecule has 1 spiro atoms. The van der Waals surface area contributed by atoms with Gasteiger partial charge in [-0.25, -0.2) is 0 Å². The van der Waals surface area contributed by atoms with Gasteiger partial charge in [0, 0.05) is 11.8 Å². The van der Waals surface area contributed by atoms with Crippen molar-refractivity contribution in [3.8, 4) is 0 Å². The highest BCUT2D eigenvalue weighted by molar-refractivity contribution is 5.24. The summed E-state index contributed by atoms with van der Waals surface area (Å²) >= 11 is 0. The molecule has 0 unspecified atom stereocenters. The zero-order valence-electron chi connectivity index (χ0n) is 20.4. The topological polar surface area (TPSA) is 32.8 Å². The van der Waals surface area contributed by atoms with E-state index in [2.05, 4.69) is 53.7 Å². The number of rotatable bonds is 4. The molecule has 30 heavy (non-hydrogen) atoms.